The van der Waals surface area contributed by atoms with Crippen LogP contribution in [-0.2, 0) is 17.6 Å². The number of aromatic carboxylic acids is 1. The smallest absolute Gasteiger partial charge is 0.338 e. The lowest BCUT2D eigenvalue weighted by atomic mass is 10.0. The van der Waals surface area contributed by atoms with E-state index in [-0.39, 0.29) is 17.3 Å². The van der Waals surface area contributed by atoms with Crippen molar-refractivity contribution in [2.75, 3.05) is 18.5 Å². The summed E-state index contributed by atoms with van der Waals surface area (Å²) in [6.07, 6.45) is 14.0. The Bertz CT molecular complexity index is 1060. The summed E-state index contributed by atoms with van der Waals surface area (Å²) in [5.74, 6) is -0.480. The van der Waals surface area contributed by atoms with Gasteiger partial charge in [0.25, 0.3) is 0 Å². The number of halogens is 1. The molecule has 0 heterocycles. The second-order valence-corrected chi connectivity index (χ2v) is 9.88. The second kappa shape index (κ2) is 24.5. The maximum atomic E-state index is 12.0. The van der Waals surface area contributed by atoms with Gasteiger partial charge in [0.15, 0.2) is 0 Å². The number of ether oxygens (including phenoxy) is 2. The lowest BCUT2D eigenvalue weighted by Crippen LogP contribution is -2.08. The molecule has 41 heavy (non-hydrogen) atoms. The predicted octanol–water partition coefficient (Wildman–Crippen LogP) is 9.11. The molecule has 0 bridgehead atoms. The Labute approximate surface area is 254 Å². The van der Waals surface area contributed by atoms with E-state index in [0.29, 0.717) is 25.2 Å². The number of phenols is 1. The van der Waals surface area contributed by atoms with Crippen LogP contribution in [0.1, 0.15) is 90.6 Å². The minimum Gasteiger partial charge on any atom is -0.508 e. The molecule has 2 N–H and O–H groups in total. The lowest BCUT2D eigenvalue weighted by Gasteiger charge is -2.12. The highest BCUT2D eigenvalue weighted by atomic mass is 79.9. The molecule has 0 saturated carbocycles. The van der Waals surface area contributed by atoms with Crippen LogP contribution in [-0.4, -0.2) is 40.7 Å². The molecule has 0 spiro atoms. The number of alkyl halides is 1. The molecular formula is C34H47BrO6. The number of aryl methyl sites for hydroxylation is 2. The van der Waals surface area contributed by atoms with Gasteiger partial charge in [-0.2, -0.15) is 0 Å². The van der Waals surface area contributed by atoms with E-state index in [0.717, 1.165) is 73.6 Å². The van der Waals surface area contributed by atoms with Crippen molar-refractivity contribution in [2.45, 2.75) is 71.6 Å². The Morgan fingerprint density at radius 3 is 1.90 bits per heavy atom. The topological polar surface area (TPSA) is 93.1 Å². The molecule has 0 unspecified atom stereocenters. The Balaban J connectivity index is 0.000000715. The fourth-order valence-corrected chi connectivity index (χ4v) is 3.64. The molecular weight excluding hydrogens is 584 g/mol. The summed E-state index contributed by atoms with van der Waals surface area (Å²) in [5, 5.41) is 19.2. The number of esters is 1. The van der Waals surface area contributed by atoms with Crippen molar-refractivity contribution in [3.63, 3.8) is 0 Å². The van der Waals surface area contributed by atoms with Gasteiger partial charge in [-0.1, -0.05) is 73.0 Å². The Hall–Kier alpha value is -3.32. The van der Waals surface area contributed by atoms with Gasteiger partial charge >= 0.3 is 11.9 Å². The summed E-state index contributed by atoms with van der Waals surface area (Å²) < 4.78 is 11.0. The minimum absolute atomic E-state index is 0.0818. The van der Waals surface area contributed by atoms with Gasteiger partial charge in [-0.15, -0.1) is 19.7 Å². The van der Waals surface area contributed by atoms with Crippen molar-refractivity contribution in [3.05, 3.63) is 96.6 Å². The monoisotopic (exact) mass is 630 g/mol. The number of carbonyl (C=O) groups excluding carboxylic acids is 1. The molecule has 0 aliphatic carbocycles. The lowest BCUT2D eigenvalue weighted by molar-refractivity contribution is 0.0510. The molecule has 0 amide bonds. The summed E-state index contributed by atoms with van der Waals surface area (Å²) in [5.41, 5.74) is 2.60. The Kier molecular flexibility index (Phi) is 22.5. The van der Waals surface area contributed by atoms with Crippen LogP contribution in [0.2, 0.25) is 0 Å². The predicted molar refractivity (Wildman–Crippen MR) is 173 cm³/mol. The number of benzene rings is 2. The van der Waals surface area contributed by atoms with Crippen LogP contribution in [0.15, 0.2) is 74.4 Å². The van der Waals surface area contributed by atoms with Crippen molar-refractivity contribution in [1.29, 1.82) is 0 Å². The number of hydrogen-bond donors (Lipinski definition) is 2. The number of phenolic OH excluding ortho intramolecular Hbond substituents is 1. The number of hydrogen-bond acceptors (Lipinski definition) is 5. The van der Waals surface area contributed by atoms with E-state index in [1.54, 1.807) is 18.2 Å². The zero-order valence-electron chi connectivity index (χ0n) is 24.7. The Morgan fingerprint density at radius 2 is 1.39 bits per heavy atom. The SMILES string of the molecule is C=CCCBr.C=CCCOC(=O)c1ccc(CCCC)c(OCCC=C)c1.CCCCc1ccc(C(=O)O)cc1O. The quantitative estimate of drug-likeness (QED) is 0.0783. The second-order valence-electron chi connectivity index (χ2n) is 9.08. The van der Waals surface area contributed by atoms with Crippen LogP contribution in [0.4, 0.5) is 0 Å². The first-order valence-electron chi connectivity index (χ1n) is 14.2. The van der Waals surface area contributed by atoms with Gasteiger partial charge in [0, 0.05) is 5.33 Å². The summed E-state index contributed by atoms with van der Waals surface area (Å²) in [7, 11) is 0. The largest absolute Gasteiger partial charge is 0.508 e. The van der Waals surface area contributed by atoms with Crippen LogP contribution >= 0.6 is 15.9 Å². The third-order valence-corrected chi connectivity index (χ3v) is 6.14. The molecule has 2 aromatic carbocycles. The number of rotatable bonds is 17. The molecule has 226 valence electrons. The summed E-state index contributed by atoms with van der Waals surface area (Å²) in [6, 6.07) is 10.0. The number of allylic oxidation sites excluding steroid dienone is 1. The summed E-state index contributed by atoms with van der Waals surface area (Å²) in [6.45, 7) is 16.0. The molecule has 0 atom stereocenters. The third kappa shape index (κ3) is 17.2. The zero-order valence-corrected chi connectivity index (χ0v) is 26.3. The minimum atomic E-state index is -1.01. The van der Waals surface area contributed by atoms with E-state index in [4.69, 9.17) is 14.6 Å². The van der Waals surface area contributed by atoms with Crippen molar-refractivity contribution < 1.29 is 29.3 Å². The van der Waals surface area contributed by atoms with Crippen LogP contribution in [0.25, 0.3) is 0 Å². The van der Waals surface area contributed by atoms with Crippen LogP contribution in [0, 0.1) is 0 Å². The van der Waals surface area contributed by atoms with E-state index in [2.05, 4.69) is 49.5 Å². The maximum Gasteiger partial charge on any atom is 0.338 e. The average molecular weight is 632 g/mol. The van der Waals surface area contributed by atoms with E-state index >= 15 is 0 Å². The van der Waals surface area contributed by atoms with Gasteiger partial charge < -0.3 is 19.7 Å². The van der Waals surface area contributed by atoms with E-state index in [9.17, 15) is 14.7 Å². The van der Waals surface area contributed by atoms with E-state index < -0.39 is 5.97 Å². The van der Waals surface area contributed by atoms with Gasteiger partial charge in [-0.05, 0) is 80.3 Å². The fraction of sp³-hybridized carbons (Fsp3) is 0.412. The number of unbranched alkanes of at least 4 members (excludes halogenated alkanes) is 2. The summed E-state index contributed by atoms with van der Waals surface area (Å²) >= 11 is 3.24. The first kappa shape index (κ1) is 37.7. The molecule has 0 saturated heterocycles. The van der Waals surface area contributed by atoms with Gasteiger partial charge in [0.05, 0.1) is 24.3 Å². The maximum absolute atomic E-state index is 12.0. The van der Waals surface area contributed by atoms with Gasteiger partial charge in [-0.25, -0.2) is 9.59 Å². The first-order valence-corrected chi connectivity index (χ1v) is 15.3. The molecule has 2 aromatic rings. The molecule has 0 aromatic heterocycles. The van der Waals surface area contributed by atoms with Gasteiger partial charge in [-0.3, -0.25) is 0 Å². The van der Waals surface area contributed by atoms with Crippen molar-refractivity contribution in [3.8, 4) is 11.5 Å². The Morgan fingerprint density at radius 1 is 0.829 bits per heavy atom. The molecule has 0 radical (unpaired) electrons. The third-order valence-electron chi connectivity index (χ3n) is 5.68. The molecule has 0 aliphatic heterocycles. The molecule has 0 aliphatic rings. The van der Waals surface area contributed by atoms with E-state index in [1.807, 2.05) is 24.3 Å². The van der Waals surface area contributed by atoms with Gasteiger partial charge in [0.1, 0.15) is 11.5 Å². The molecule has 7 heteroatoms. The highest BCUT2D eigenvalue weighted by molar-refractivity contribution is 9.09. The molecule has 0 fully saturated rings. The zero-order chi connectivity index (χ0) is 30.9. The fourth-order valence-electron chi connectivity index (χ4n) is 3.31. The summed E-state index contributed by atoms with van der Waals surface area (Å²) in [4.78, 5) is 22.6. The van der Waals surface area contributed by atoms with Crippen molar-refractivity contribution in [2.24, 2.45) is 0 Å². The van der Waals surface area contributed by atoms with Gasteiger partial charge in [0.2, 0.25) is 0 Å². The van der Waals surface area contributed by atoms with Crippen LogP contribution in [0.5, 0.6) is 11.5 Å². The highest BCUT2D eigenvalue weighted by Gasteiger charge is 2.12. The standard InChI is InChI=1S/C19H26O3.C11H14O3.C4H7Br/c1-4-7-10-16-11-12-17(19(20)22-14-9-6-3)15-18(16)21-13-8-5-2;1-2-3-4-8-5-6-9(11(13)14)7-10(8)12;1-2-3-4-5/h5-6,11-12,15H,2-4,7-10,13-14H2,1H3;5-7,12H,2-4H2,1H3,(H,13,14);2H,1,3-4H2. The normalized spacial score (nSPS) is 9.73. The number of aromatic hydroxyl groups is 1. The molecule has 6 nitrogen and oxygen atoms in total. The first-order chi connectivity index (χ1) is 19.8. The van der Waals surface area contributed by atoms with Crippen molar-refractivity contribution in [1.82, 2.24) is 0 Å². The van der Waals surface area contributed by atoms with Crippen molar-refractivity contribution >= 4 is 27.9 Å². The average Bonchev–Trinajstić information content (AvgIpc) is 2.97. The van der Waals surface area contributed by atoms with Crippen LogP contribution in [0.3, 0.4) is 0 Å². The van der Waals surface area contributed by atoms with E-state index in [1.165, 1.54) is 12.1 Å². The number of carboxylic acids is 1. The highest BCUT2D eigenvalue weighted by Crippen LogP contribution is 2.24. The van der Waals surface area contributed by atoms with Crippen LogP contribution < -0.4 is 4.74 Å². The molecule has 2 rings (SSSR count). The number of carbonyl (C=O) groups is 2. The number of carboxylic acid groups (broad SMARTS) is 1.